The first-order valence-electron chi connectivity index (χ1n) is 7.24. The molecule has 116 valence electrons. The summed E-state index contributed by atoms with van der Waals surface area (Å²) < 4.78 is 5.05. The van der Waals surface area contributed by atoms with E-state index in [9.17, 15) is 4.79 Å². The quantitative estimate of drug-likeness (QED) is 0.818. The molecule has 22 heavy (non-hydrogen) atoms. The summed E-state index contributed by atoms with van der Waals surface area (Å²) in [6.45, 7) is 3.63. The molecular formula is C15H18N4O2S. The maximum absolute atomic E-state index is 12.4. The van der Waals surface area contributed by atoms with Crippen LogP contribution in [0.4, 0.5) is 0 Å². The monoisotopic (exact) mass is 318 g/mol. The van der Waals surface area contributed by atoms with Crippen LogP contribution in [0.3, 0.4) is 0 Å². The van der Waals surface area contributed by atoms with E-state index in [4.69, 9.17) is 4.52 Å². The first-order valence-corrected chi connectivity index (χ1v) is 8.22. The summed E-state index contributed by atoms with van der Waals surface area (Å²) in [5, 5.41) is 11.0. The molecule has 1 aliphatic rings. The molecule has 0 saturated carbocycles. The number of aryl methyl sites for hydroxylation is 1. The maximum atomic E-state index is 12.4. The van der Waals surface area contributed by atoms with E-state index in [0.717, 1.165) is 31.0 Å². The Labute approximate surface area is 133 Å². The van der Waals surface area contributed by atoms with E-state index in [1.54, 1.807) is 18.3 Å². The standard InChI is InChI=1S/C15H18N4O2S/c1-10-7-12(19-21-10)9-22-15-13(3-2-5-17-15)14(20)18-11-4-6-16-8-11/h2-3,5,7,11,16H,4,6,8-9H2,1H3,(H,18,20). The Morgan fingerprint density at radius 2 is 2.50 bits per heavy atom. The minimum absolute atomic E-state index is 0.0689. The van der Waals surface area contributed by atoms with Gasteiger partial charge in [0.1, 0.15) is 10.8 Å². The number of carbonyl (C=O) groups is 1. The first-order chi connectivity index (χ1) is 10.7. The summed E-state index contributed by atoms with van der Waals surface area (Å²) in [7, 11) is 0. The van der Waals surface area contributed by atoms with Gasteiger partial charge in [-0.3, -0.25) is 4.79 Å². The van der Waals surface area contributed by atoms with Crippen LogP contribution in [0.25, 0.3) is 0 Å². The van der Waals surface area contributed by atoms with Crippen molar-refractivity contribution in [2.75, 3.05) is 13.1 Å². The van der Waals surface area contributed by atoms with E-state index in [1.807, 2.05) is 13.0 Å². The van der Waals surface area contributed by atoms with E-state index in [0.29, 0.717) is 16.3 Å². The number of carbonyl (C=O) groups excluding carboxylic acids is 1. The van der Waals surface area contributed by atoms with Gasteiger partial charge in [0.25, 0.3) is 5.91 Å². The number of thioether (sulfide) groups is 1. The average Bonchev–Trinajstić information content (AvgIpc) is 3.17. The Bertz CT molecular complexity index is 652. The van der Waals surface area contributed by atoms with Crippen molar-refractivity contribution >= 4 is 17.7 Å². The average molecular weight is 318 g/mol. The Balaban J connectivity index is 1.67. The Morgan fingerprint density at radius 3 is 3.23 bits per heavy atom. The third-order valence-electron chi connectivity index (χ3n) is 3.44. The molecule has 1 fully saturated rings. The molecule has 6 nitrogen and oxygen atoms in total. The Kier molecular flexibility index (Phi) is 4.74. The van der Waals surface area contributed by atoms with Crippen LogP contribution in [0.15, 0.2) is 33.9 Å². The summed E-state index contributed by atoms with van der Waals surface area (Å²) in [6.07, 6.45) is 2.66. The number of nitrogens with one attached hydrogen (secondary N) is 2. The van der Waals surface area contributed by atoms with Gasteiger partial charge in [-0.1, -0.05) is 16.9 Å². The van der Waals surface area contributed by atoms with E-state index in [1.165, 1.54) is 11.8 Å². The van der Waals surface area contributed by atoms with Crippen LogP contribution in [0.2, 0.25) is 0 Å². The second kappa shape index (κ2) is 6.93. The number of aromatic nitrogens is 2. The zero-order chi connectivity index (χ0) is 15.4. The molecule has 7 heteroatoms. The molecule has 0 bridgehead atoms. The van der Waals surface area contributed by atoms with Crippen molar-refractivity contribution in [1.29, 1.82) is 0 Å². The molecule has 1 aliphatic heterocycles. The molecule has 3 heterocycles. The van der Waals surface area contributed by atoms with E-state index >= 15 is 0 Å². The topological polar surface area (TPSA) is 80.0 Å². The molecule has 2 aromatic heterocycles. The lowest BCUT2D eigenvalue weighted by molar-refractivity contribution is 0.0936. The maximum Gasteiger partial charge on any atom is 0.254 e. The highest BCUT2D eigenvalue weighted by atomic mass is 32.2. The Hall–Kier alpha value is -1.86. The molecule has 2 N–H and O–H groups in total. The Morgan fingerprint density at radius 1 is 1.59 bits per heavy atom. The highest BCUT2D eigenvalue weighted by Crippen LogP contribution is 2.24. The lowest BCUT2D eigenvalue weighted by atomic mass is 10.2. The zero-order valence-electron chi connectivity index (χ0n) is 12.3. The summed E-state index contributed by atoms with van der Waals surface area (Å²) in [4.78, 5) is 16.7. The van der Waals surface area contributed by atoms with Crippen molar-refractivity contribution in [3.05, 3.63) is 41.4 Å². The lowest BCUT2D eigenvalue weighted by Gasteiger charge is -2.13. The van der Waals surface area contributed by atoms with Crippen molar-refractivity contribution in [1.82, 2.24) is 20.8 Å². The second-order valence-electron chi connectivity index (χ2n) is 5.24. The third kappa shape index (κ3) is 3.66. The van der Waals surface area contributed by atoms with Gasteiger partial charge >= 0.3 is 0 Å². The van der Waals surface area contributed by atoms with Crippen molar-refractivity contribution in [3.8, 4) is 0 Å². The predicted octanol–water partition coefficient (Wildman–Crippen LogP) is 1.76. The molecule has 0 radical (unpaired) electrons. The summed E-state index contributed by atoms with van der Waals surface area (Å²) in [5.74, 6) is 1.34. The van der Waals surface area contributed by atoms with Crippen molar-refractivity contribution in [2.45, 2.75) is 30.2 Å². The number of amides is 1. The van der Waals surface area contributed by atoms with Crippen molar-refractivity contribution < 1.29 is 9.32 Å². The minimum atomic E-state index is -0.0689. The van der Waals surface area contributed by atoms with Gasteiger partial charge in [0.05, 0.1) is 11.3 Å². The summed E-state index contributed by atoms with van der Waals surface area (Å²) in [5.41, 5.74) is 1.46. The van der Waals surface area contributed by atoms with Crippen LogP contribution in [-0.2, 0) is 5.75 Å². The summed E-state index contributed by atoms with van der Waals surface area (Å²) >= 11 is 1.49. The van der Waals surface area contributed by atoms with Crippen LogP contribution >= 0.6 is 11.8 Å². The summed E-state index contributed by atoms with van der Waals surface area (Å²) in [6, 6.07) is 5.68. The molecule has 1 amide bonds. The fourth-order valence-electron chi connectivity index (χ4n) is 2.35. The van der Waals surface area contributed by atoms with Gasteiger partial charge in [-0.2, -0.15) is 0 Å². The van der Waals surface area contributed by atoms with E-state index < -0.39 is 0 Å². The fraction of sp³-hybridized carbons (Fsp3) is 0.400. The zero-order valence-corrected chi connectivity index (χ0v) is 13.2. The molecule has 0 aliphatic carbocycles. The SMILES string of the molecule is Cc1cc(CSc2ncccc2C(=O)NC2CCNC2)no1. The normalized spacial score (nSPS) is 17.6. The van der Waals surface area contributed by atoms with Gasteiger partial charge in [-0.25, -0.2) is 4.98 Å². The largest absolute Gasteiger partial charge is 0.361 e. The van der Waals surface area contributed by atoms with Crippen LogP contribution in [0.1, 0.15) is 28.2 Å². The highest BCUT2D eigenvalue weighted by Gasteiger charge is 2.20. The third-order valence-corrected chi connectivity index (χ3v) is 4.48. The fourth-order valence-corrected chi connectivity index (χ4v) is 3.22. The molecule has 1 unspecified atom stereocenters. The second-order valence-corrected chi connectivity index (χ2v) is 6.20. The molecule has 0 aromatic carbocycles. The van der Waals surface area contributed by atoms with Gasteiger partial charge < -0.3 is 15.2 Å². The van der Waals surface area contributed by atoms with Crippen molar-refractivity contribution in [3.63, 3.8) is 0 Å². The number of rotatable bonds is 5. The number of pyridine rings is 1. The van der Waals surface area contributed by atoms with Crippen molar-refractivity contribution in [2.24, 2.45) is 0 Å². The molecular weight excluding hydrogens is 300 g/mol. The predicted molar refractivity (Wildman–Crippen MR) is 83.8 cm³/mol. The van der Waals surface area contributed by atoms with E-state index in [2.05, 4.69) is 20.8 Å². The van der Waals surface area contributed by atoms with Gasteiger partial charge in [0, 0.05) is 30.6 Å². The van der Waals surface area contributed by atoms with Crippen LogP contribution in [-0.4, -0.2) is 35.2 Å². The molecule has 3 rings (SSSR count). The van der Waals surface area contributed by atoms with Gasteiger partial charge in [0.2, 0.25) is 0 Å². The molecule has 1 atom stereocenters. The molecule has 1 saturated heterocycles. The number of hydrogen-bond donors (Lipinski definition) is 2. The van der Waals surface area contributed by atoms with E-state index in [-0.39, 0.29) is 11.9 Å². The minimum Gasteiger partial charge on any atom is -0.361 e. The molecule has 2 aromatic rings. The van der Waals surface area contributed by atoms with Gasteiger partial charge in [0.15, 0.2) is 0 Å². The first kappa shape index (κ1) is 15.1. The van der Waals surface area contributed by atoms with Crippen LogP contribution in [0, 0.1) is 6.92 Å². The highest BCUT2D eigenvalue weighted by molar-refractivity contribution is 7.98. The number of hydrogen-bond acceptors (Lipinski definition) is 6. The van der Waals surface area contributed by atoms with Crippen LogP contribution in [0.5, 0.6) is 0 Å². The van der Waals surface area contributed by atoms with Crippen LogP contribution < -0.4 is 10.6 Å². The number of nitrogens with zero attached hydrogens (tertiary/aromatic N) is 2. The van der Waals surface area contributed by atoms with Gasteiger partial charge in [-0.05, 0) is 32.0 Å². The van der Waals surface area contributed by atoms with Gasteiger partial charge in [-0.15, -0.1) is 0 Å². The lowest BCUT2D eigenvalue weighted by Crippen LogP contribution is -2.36. The molecule has 0 spiro atoms. The smallest absolute Gasteiger partial charge is 0.254 e.